The third kappa shape index (κ3) is 5.73. The predicted molar refractivity (Wildman–Crippen MR) is 260 cm³/mol. The van der Waals surface area contributed by atoms with E-state index in [0.29, 0.717) is 0 Å². The molecule has 3 nitrogen and oxygen atoms in total. The van der Waals surface area contributed by atoms with E-state index < -0.39 is 0 Å². The Labute approximate surface area is 362 Å². The molecule has 296 valence electrons. The van der Waals surface area contributed by atoms with Crippen LogP contribution in [-0.2, 0) is 5.41 Å². The minimum absolute atomic E-state index is 0.138. The first-order valence-electron chi connectivity index (χ1n) is 21.7. The molecule has 2 aliphatic carbocycles. The zero-order valence-corrected chi connectivity index (χ0v) is 34.8. The highest BCUT2D eigenvalue weighted by Gasteiger charge is 2.40. The van der Waals surface area contributed by atoms with Crippen LogP contribution in [0.5, 0.6) is 0 Å². The molecule has 12 rings (SSSR count). The summed E-state index contributed by atoms with van der Waals surface area (Å²) in [5.74, 6) is 0. The Balaban J connectivity index is 0.944. The maximum atomic E-state index is 6.43. The highest BCUT2D eigenvalue weighted by molar-refractivity contribution is 6.09. The summed E-state index contributed by atoms with van der Waals surface area (Å²) in [4.78, 5) is 2.37. The van der Waals surface area contributed by atoms with Gasteiger partial charge in [-0.1, -0.05) is 153 Å². The molecule has 0 unspecified atom stereocenters. The van der Waals surface area contributed by atoms with Crippen LogP contribution in [0.1, 0.15) is 43.4 Å². The lowest BCUT2D eigenvalue weighted by atomic mass is 9.81. The zero-order chi connectivity index (χ0) is 41.4. The van der Waals surface area contributed by atoms with Crippen molar-refractivity contribution in [2.45, 2.75) is 32.1 Å². The van der Waals surface area contributed by atoms with Gasteiger partial charge in [-0.25, -0.2) is 0 Å². The van der Waals surface area contributed by atoms with Crippen LogP contribution in [-0.4, -0.2) is 4.57 Å². The molecule has 0 aliphatic heterocycles. The number of hydrogen-bond donors (Lipinski definition) is 0. The molecule has 2 aliphatic rings. The Hall–Kier alpha value is -7.62. The van der Waals surface area contributed by atoms with Gasteiger partial charge in [-0.2, -0.15) is 0 Å². The molecule has 0 saturated carbocycles. The number of rotatable bonds is 7. The van der Waals surface area contributed by atoms with E-state index >= 15 is 0 Å². The average Bonchev–Trinajstić information content (AvgIpc) is 3.96. The third-order valence-corrected chi connectivity index (χ3v) is 13.3. The number of benzene rings is 8. The molecule has 0 radical (unpaired) electrons. The van der Waals surface area contributed by atoms with Gasteiger partial charge in [0.05, 0.1) is 11.2 Å². The van der Waals surface area contributed by atoms with Gasteiger partial charge in [0.15, 0.2) is 0 Å². The van der Waals surface area contributed by atoms with Gasteiger partial charge in [-0.3, -0.25) is 0 Å². The molecule has 0 bridgehead atoms. The van der Waals surface area contributed by atoms with Gasteiger partial charge in [-0.15, -0.1) is 0 Å². The van der Waals surface area contributed by atoms with Crippen molar-refractivity contribution in [1.82, 2.24) is 4.57 Å². The Morgan fingerprint density at radius 1 is 0.532 bits per heavy atom. The van der Waals surface area contributed by atoms with Crippen LogP contribution in [0.15, 0.2) is 211 Å². The number of para-hydroxylation sites is 3. The largest absolute Gasteiger partial charge is 0.455 e. The quantitative estimate of drug-likeness (QED) is 0.160. The fourth-order valence-electron chi connectivity index (χ4n) is 10.3. The van der Waals surface area contributed by atoms with E-state index in [0.717, 1.165) is 63.0 Å². The summed E-state index contributed by atoms with van der Waals surface area (Å²) in [5.41, 5.74) is 20.1. The normalized spacial score (nSPS) is 14.0. The van der Waals surface area contributed by atoms with Crippen LogP contribution in [0.4, 0.5) is 17.1 Å². The maximum absolute atomic E-state index is 6.43. The number of hydrogen-bond acceptors (Lipinski definition) is 2. The van der Waals surface area contributed by atoms with Gasteiger partial charge in [0.1, 0.15) is 11.2 Å². The number of anilines is 3. The van der Waals surface area contributed by atoms with E-state index in [1.165, 1.54) is 61.2 Å². The lowest BCUT2D eigenvalue weighted by molar-refractivity contribution is 0.666. The van der Waals surface area contributed by atoms with Gasteiger partial charge >= 0.3 is 0 Å². The number of fused-ring (bicyclic) bond motifs is 8. The number of allylic oxidation sites excluding steroid dienone is 4. The van der Waals surface area contributed by atoms with Crippen LogP contribution >= 0.6 is 0 Å². The van der Waals surface area contributed by atoms with Gasteiger partial charge < -0.3 is 13.9 Å². The summed E-state index contributed by atoms with van der Waals surface area (Å²) in [6.07, 6.45) is 8.82. The summed E-state index contributed by atoms with van der Waals surface area (Å²) >= 11 is 0. The summed E-state index contributed by atoms with van der Waals surface area (Å²) in [6, 6.07) is 68.6. The maximum Gasteiger partial charge on any atom is 0.143 e. The van der Waals surface area contributed by atoms with Crippen molar-refractivity contribution in [2.24, 2.45) is 0 Å². The van der Waals surface area contributed by atoms with Crippen molar-refractivity contribution in [3.63, 3.8) is 0 Å². The minimum atomic E-state index is -0.138. The van der Waals surface area contributed by atoms with Crippen molar-refractivity contribution < 1.29 is 4.42 Å². The second kappa shape index (κ2) is 14.2. The van der Waals surface area contributed by atoms with Crippen LogP contribution in [0, 0.1) is 0 Å². The molecular weight excluding hydrogens is 753 g/mol. The zero-order valence-electron chi connectivity index (χ0n) is 34.8. The highest BCUT2D eigenvalue weighted by Crippen LogP contribution is 2.54. The van der Waals surface area contributed by atoms with Gasteiger partial charge in [0.2, 0.25) is 0 Å². The molecule has 10 aromatic rings. The fraction of sp³-hybridized carbons (Fsp3) is 0.0847. The number of aromatic nitrogens is 1. The molecular formula is C59H44N2O. The first-order valence-corrected chi connectivity index (χ1v) is 21.7. The average molecular weight is 797 g/mol. The Morgan fingerprint density at radius 3 is 1.90 bits per heavy atom. The van der Waals surface area contributed by atoms with Gasteiger partial charge in [0, 0.05) is 55.5 Å². The van der Waals surface area contributed by atoms with Crippen molar-refractivity contribution in [1.29, 1.82) is 0 Å². The van der Waals surface area contributed by atoms with E-state index in [1.54, 1.807) is 0 Å². The molecule has 8 aromatic carbocycles. The van der Waals surface area contributed by atoms with Crippen molar-refractivity contribution in [3.05, 3.63) is 223 Å². The second-order valence-electron chi connectivity index (χ2n) is 17.2. The predicted octanol–water partition coefficient (Wildman–Crippen LogP) is 16.4. The molecule has 0 atom stereocenters. The summed E-state index contributed by atoms with van der Waals surface area (Å²) in [7, 11) is 0. The minimum Gasteiger partial charge on any atom is -0.455 e. The molecule has 0 N–H and O–H groups in total. The first kappa shape index (κ1) is 36.2. The number of nitrogens with zero attached hydrogens (tertiary/aromatic N) is 2. The van der Waals surface area contributed by atoms with E-state index in [1.807, 2.05) is 12.1 Å². The molecule has 0 spiro atoms. The monoisotopic (exact) mass is 796 g/mol. The standard InChI is InChI=1S/C59H44N2O/c1-59(2)53-22-11-9-19-51(53)57-56(59)52-38-43(30-37-54(52)61(57)44-16-7-4-8-17-44)41-26-33-46(34-27-41)60(45-31-24-40(25-32-45)39-14-5-3-6-15-39)47-35-28-42(29-36-47)48-20-13-21-50-49-18-10-12-23-55(49)62-58(48)50/h3-5,7-14,16-38H,6,15H2,1-2H3. The lowest BCUT2D eigenvalue weighted by Crippen LogP contribution is -2.14. The van der Waals surface area contributed by atoms with Crippen molar-refractivity contribution in [2.75, 3.05) is 4.90 Å². The van der Waals surface area contributed by atoms with Crippen LogP contribution in [0.3, 0.4) is 0 Å². The fourth-order valence-corrected chi connectivity index (χ4v) is 10.3. The van der Waals surface area contributed by atoms with E-state index in [2.05, 4.69) is 217 Å². The van der Waals surface area contributed by atoms with Crippen LogP contribution in [0.2, 0.25) is 0 Å². The topological polar surface area (TPSA) is 21.3 Å². The lowest BCUT2D eigenvalue weighted by Gasteiger charge is -2.26. The smallest absolute Gasteiger partial charge is 0.143 e. The number of furan rings is 1. The molecule has 0 amide bonds. The summed E-state index contributed by atoms with van der Waals surface area (Å²) in [6.45, 7) is 4.76. The highest BCUT2D eigenvalue weighted by atomic mass is 16.3. The van der Waals surface area contributed by atoms with E-state index in [4.69, 9.17) is 4.42 Å². The molecule has 2 aromatic heterocycles. The second-order valence-corrected chi connectivity index (χ2v) is 17.2. The first-order chi connectivity index (χ1) is 30.5. The van der Waals surface area contributed by atoms with E-state index in [9.17, 15) is 0 Å². The summed E-state index contributed by atoms with van der Waals surface area (Å²) < 4.78 is 8.90. The van der Waals surface area contributed by atoms with Crippen molar-refractivity contribution >= 4 is 55.5 Å². The third-order valence-electron chi connectivity index (χ3n) is 13.3. The molecule has 0 saturated heterocycles. The Morgan fingerprint density at radius 2 is 1.16 bits per heavy atom. The molecule has 0 fully saturated rings. The molecule has 3 heteroatoms. The van der Waals surface area contributed by atoms with Crippen LogP contribution in [0.25, 0.3) is 77.6 Å². The SMILES string of the molecule is CC1(C)c2ccccc2-c2c1c1cc(-c3ccc(N(c4ccc(C5=CC=CCC5)cc4)c4ccc(-c5cccc6c5oc5ccccc56)cc4)cc3)ccc1n2-c1ccccc1. The van der Waals surface area contributed by atoms with Gasteiger partial charge in [0.25, 0.3) is 0 Å². The van der Waals surface area contributed by atoms with Crippen LogP contribution < -0.4 is 4.90 Å². The summed E-state index contributed by atoms with van der Waals surface area (Å²) in [5, 5.41) is 3.58. The Bertz CT molecular complexity index is 3400. The van der Waals surface area contributed by atoms with Gasteiger partial charge in [-0.05, 0) is 119 Å². The Kier molecular flexibility index (Phi) is 8.33. The molecule has 62 heavy (non-hydrogen) atoms. The van der Waals surface area contributed by atoms with Crippen molar-refractivity contribution in [3.8, 4) is 39.2 Å². The van der Waals surface area contributed by atoms with E-state index in [-0.39, 0.29) is 5.41 Å². The molecule has 2 heterocycles.